The number of aromatic nitrogens is 2. The summed E-state index contributed by atoms with van der Waals surface area (Å²) in [7, 11) is 0. The van der Waals surface area contributed by atoms with Crippen molar-refractivity contribution in [3.63, 3.8) is 0 Å². The number of benzene rings is 2. The van der Waals surface area contributed by atoms with Crippen LogP contribution in [-0.2, 0) is 22.7 Å². The van der Waals surface area contributed by atoms with Gasteiger partial charge >= 0.3 is 0 Å². The molecule has 46 heavy (non-hydrogen) atoms. The van der Waals surface area contributed by atoms with E-state index in [0.29, 0.717) is 48.4 Å². The van der Waals surface area contributed by atoms with Crippen molar-refractivity contribution >= 4 is 41.0 Å². The predicted molar refractivity (Wildman–Crippen MR) is 172 cm³/mol. The number of carbonyl (C=O) groups excluding carboxylic acids is 3. The first-order chi connectivity index (χ1) is 22.3. The Morgan fingerprint density at radius 3 is 2.43 bits per heavy atom. The summed E-state index contributed by atoms with van der Waals surface area (Å²) in [6.45, 7) is 4.28. The van der Waals surface area contributed by atoms with E-state index in [1.54, 1.807) is 4.90 Å². The molecular weight excluding hydrogens is 609 g/mol. The molecule has 0 bridgehead atoms. The van der Waals surface area contributed by atoms with Gasteiger partial charge in [-0.2, -0.15) is 0 Å². The molecule has 3 aromatic rings. The van der Waals surface area contributed by atoms with Gasteiger partial charge in [0, 0.05) is 37.3 Å². The highest BCUT2D eigenvalue weighted by Gasteiger charge is 2.39. The Kier molecular flexibility index (Phi) is 8.61. The van der Waals surface area contributed by atoms with E-state index < -0.39 is 12.2 Å². The summed E-state index contributed by atoms with van der Waals surface area (Å²) in [6, 6.07) is 13.7. The lowest BCUT2D eigenvalue weighted by Crippen LogP contribution is -2.52. The van der Waals surface area contributed by atoms with E-state index in [0.717, 1.165) is 50.3 Å². The molecule has 10 nitrogen and oxygen atoms in total. The molecular formula is C34H37ClFN7O3. The maximum absolute atomic E-state index is 15.1. The lowest BCUT2D eigenvalue weighted by Gasteiger charge is -2.36. The standard InChI is InChI=1S/C34H37ClFN7O3/c35-25-16-37-34(38-17-25)39-29-11-14-42(20-28(29)36)26-4-1-21(2-5-26)18-41-12-9-22(10-13-41)23-3-6-27-24(15-23)19-43(33(27)46)30-7-8-31(44)40-32(30)45/h1-6,15-17,22,28-30H,7-14,18-20H2,(H,37,38,39)(H,40,44,45)/t28?,29-,30?/m1/s1. The van der Waals surface area contributed by atoms with E-state index in [1.165, 1.54) is 23.5 Å². The van der Waals surface area contributed by atoms with Crippen molar-refractivity contribution in [1.29, 1.82) is 0 Å². The van der Waals surface area contributed by atoms with Crippen LogP contribution in [0.25, 0.3) is 0 Å². The number of amides is 3. The van der Waals surface area contributed by atoms with Crippen molar-refractivity contribution < 1.29 is 18.8 Å². The van der Waals surface area contributed by atoms with Crippen LogP contribution in [-0.4, -0.2) is 81.9 Å². The molecule has 1 aromatic heterocycles. The van der Waals surface area contributed by atoms with Crippen LogP contribution in [0.15, 0.2) is 54.9 Å². The van der Waals surface area contributed by atoms with Gasteiger partial charge in [0.25, 0.3) is 5.91 Å². The van der Waals surface area contributed by atoms with Gasteiger partial charge < -0.3 is 15.1 Å². The van der Waals surface area contributed by atoms with Gasteiger partial charge in [-0.05, 0) is 79.6 Å². The summed E-state index contributed by atoms with van der Waals surface area (Å²) in [5, 5.41) is 5.91. The number of carbonyl (C=O) groups is 3. The van der Waals surface area contributed by atoms with Crippen LogP contribution < -0.4 is 15.5 Å². The third-order valence-corrected chi connectivity index (χ3v) is 9.99. The molecule has 7 rings (SSSR count). The van der Waals surface area contributed by atoms with Gasteiger partial charge in [-0.25, -0.2) is 14.4 Å². The number of anilines is 2. The van der Waals surface area contributed by atoms with E-state index >= 15 is 4.39 Å². The molecule has 3 fully saturated rings. The highest BCUT2D eigenvalue weighted by molar-refractivity contribution is 6.30. The molecule has 0 aliphatic carbocycles. The second-order valence-corrected chi connectivity index (χ2v) is 13.2. The van der Waals surface area contributed by atoms with Gasteiger partial charge in [0.1, 0.15) is 12.2 Å². The largest absolute Gasteiger partial charge is 0.368 e. The zero-order valence-electron chi connectivity index (χ0n) is 25.5. The van der Waals surface area contributed by atoms with E-state index in [1.807, 2.05) is 6.07 Å². The quantitative estimate of drug-likeness (QED) is 0.366. The average molecular weight is 646 g/mol. The number of halogens is 2. The number of alkyl halides is 1. The van der Waals surface area contributed by atoms with Gasteiger partial charge in [0.05, 0.1) is 30.0 Å². The molecule has 0 spiro atoms. The van der Waals surface area contributed by atoms with Crippen molar-refractivity contribution in [1.82, 2.24) is 25.1 Å². The summed E-state index contributed by atoms with van der Waals surface area (Å²) >= 11 is 5.85. The fraction of sp³-hybridized carbons (Fsp3) is 0.441. The van der Waals surface area contributed by atoms with Crippen molar-refractivity contribution in [2.24, 2.45) is 0 Å². The monoisotopic (exact) mass is 645 g/mol. The summed E-state index contributed by atoms with van der Waals surface area (Å²) in [6.07, 6.45) is 5.28. The molecule has 2 N–H and O–H groups in total. The topological polar surface area (TPSA) is 111 Å². The van der Waals surface area contributed by atoms with Gasteiger partial charge in [0.2, 0.25) is 17.8 Å². The third-order valence-electron chi connectivity index (χ3n) is 9.79. The first-order valence-electron chi connectivity index (χ1n) is 16.0. The predicted octanol–water partition coefficient (Wildman–Crippen LogP) is 4.30. The van der Waals surface area contributed by atoms with E-state index in [2.05, 4.69) is 66.8 Å². The maximum atomic E-state index is 15.1. The number of piperidine rings is 3. The van der Waals surface area contributed by atoms with Crippen LogP contribution in [0, 0.1) is 0 Å². The number of imide groups is 1. The third kappa shape index (κ3) is 6.43. The Morgan fingerprint density at radius 2 is 1.72 bits per heavy atom. The Bertz CT molecular complexity index is 1610. The minimum absolute atomic E-state index is 0.132. The number of likely N-dealkylation sites (tertiary alicyclic amines) is 1. The Morgan fingerprint density at radius 1 is 0.957 bits per heavy atom. The smallest absolute Gasteiger partial charge is 0.255 e. The molecule has 12 heteroatoms. The summed E-state index contributed by atoms with van der Waals surface area (Å²) < 4.78 is 15.1. The highest BCUT2D eigenvalue weighted by Crippen LogP contribution is 2.34. The highest BCUT2D eigenvalue weighted by atomic mass is 35.5. The van der Waals surface area contributed by atoms with Gasteiger partial charge in [0.15, 0.2) is 0 Å². The fourth-order valence-electron chi connectivity index (χ4n) is 7.20. The minimum atomic E-state index is -1.05. The Balaban J connectivity index is 0.892. The summed E-state index contributed by atoms with van der Waals surface area (Å²) in [5.74, 6) is 0.0147. The van der Waals surface area contributed by atoms with E-state index in [4.69, 9.17) is 11.6 Å². The van der Waals surface area contributed by atoms with Crippen LogP contribution in [0.1, 0.15) is 65.1 Å². The van der Waals surface area contributed by atoms with Crippen LogP contribution in [0.3, 0.4) is 0 Å². The maximum Gasteiger partial charge on any atom is 0.255 e. The first-order valence-corrected chi connectivity index (χ1v) is 16.4. The van der Waals surface area contributed by atoms with Crippen LogP contribution >= 0.6 is 11.6 Å². The number of nitrogens with one attached hydrogen (secondary N) is 2. The molecule has 5 heterocycles. The van der Waals surface area contributed by atoms with Gasteiger partial charge in [-0.15, -0.1) is 0 Å². The van der Waals surface area contributed by atoms with Crippen molar-refractivity contribution in [3.05, 3.63) is 82.1 Å². The Hall–Kier alpha value is -4.09. The number of rotatable bonds is 7. The second kappa shape index (κ2) is 13.0. The van der Waals surface area contributed by atoms with Crippen LogP contribution in [0.5, 0.6) is 0 Å². The molecule has 0 radical (unpaired) electrons. The van der Waals surface area contributed by atoms with Crippen molar-refractivity contribution in [3.8, 4) is 0 Å². The van der Waals surface area contributed by atoms with Crippen LogP contribution in [0.2, 0.25) is 5.02 Å². The van der Waals surface area contributed by atoms with Crippen molar-refractivity contribution in [2.75, 3.05) is 36.4 Å². The van der Waals surface area contributed by atoms with Crippen molar-refractivity contribution in [2.45, 2.75) is 69.4 Å². The number of hydrogen-bond acceptors (Lipinski definition) is 8. The molecule has 240 valence electrons. The molecule has 3 atom stereocenters. The minimum Gasteiger partial charge on any atom is -0.368 e. The molecule has 4 aliphatic rings. The molecule has 2 aromatic carbocycles. The molecule has 3 amide bonds. The number of fused-ring (bicyclic) bond motifs is 1. The normalized spacial score (nSPS) is 24.2. The van der Waals surface area contributed by atoms with Gasteiger partial charge in [-0.1, -0.05) is 35.9 Å². The first kappa shape index (κ1) is 30.6. The summed E-state index contributed by atoms with van der Waals surface area (Å²) in [4.78, 5) is 51.4. The Labute approximate surface area is 272 Å². The molecule has 0 saturated carbocycles. The molecule has 2 unspecified atom stereocenters. The second-order valence-electron chi connectivity index (χ2n) is 12.8. The lowest BCUT2D eigenvalue weighted by atomic mass is 9.87. The molecule has 4 aliphatic heterocycles. The zero-order chi connectivity index (χ0) is 31.8. The van der Waals surface area contributed by atoms with Crippen LogP contribution in [0.4, 0.5) is 16.0 Å². The SMILES string of the molecule is O=C1CCC(N2Cc3cc(C4CCN(Cc5ccc(N6CC[C@@H](Nc7ncc(Cl)cn7)C(F)C6)cc5)CC4)ccc3C2=O)C(=O)N1. The number of nitrogens with zero attached hydrogens (tertiary/aromatic N) is 5. The lowest BCUT2D eigenvalue weighted by molar-refractivity contribution is -0.136. The van der Waals surface area contributed by atoms with Gasteiger partial charge in [-0.3, -0.25) is 24.6 Å². The van der Waals surface area contributed by atoms with E-state index in [-0.39, 0.29) is 30.2 Å². The average Bonchev–Trinajstić information content (AvgIpc) is 3.39. The molecule has 3 saturated heterocycles. The fourth-order valence-corrected chi connectivity index (χ4v) is 7.30. The zero-order valence-corrected chi connectivity index (χ0v) is 26.3. The summed E-state index contributed by atoms with van der Waals surface area (Å²) in [5.41, 5.74) is 5.12. The number of hydrogen-bond donors (Lipinski definition) is 2. The van der Waals surface area contributed by atoms with E-state index in [9.17, 15) is 14.4 Å².